The zero-order valence-electron chi connectivity index (χ0n) is 19.3. The van der Waals surface area contributed by atoms with Crippen LogP contribution in [0.15, 0.2) is 71.3 Å². The van der Waals surface area contributed by atoms with Crippen LogP contribution in [0.2, 0.25) is 0 Å². The summed E-state index contributed by atoms with van der Waals surface area (Å²) in [5.41, 5.74) is 3.23. The van der Waals surface area contributed by atoms with Crippen molar-refractivity contribution >= 4 is 23.2 Å². The molecule has 178 valence electrons. The predicted octanol–water partition coefficient (Wildman–Crippen LogP) is 3.12. The van der Waals surface area contributed by atoms with E-state index in [2.05, 4.69) is 27.7 Å². The van der Waals surface area contributed by atoms with Crippen LogP contribution in [0.4, 0.5) is 11.4 Å². The molecular formula is C26H30N4O4. The number of amides is 2. The number of furan rings is 1. The minimum Gasteiger partial charge on any atom is -0.467 e. The molecule has 2 heterocycles. The number of carbonyl (C=O) groups is 2. The Balaban J connectivity index is 1.35. The molecule has 34 heavy (non-hydrogen) atoms. The molecule has 0 spiro atoms. The number of hydrogen-bond donors (Lipinski definition) is 2. The molecule has 0 unspecified atom stereocenters. The molecule has 4 rings (SSSR count). The summed E-state index contributed by atoms with van der Waals surface area (Å²) in [4.78, 5) is 29.7. The number of likely N-dealkylation sites (N-methyl/N-ethyl adjacent to an activating group) is 1. The monoisotopic (exact) mass is 462 g/mol. The van der Waals surface area contributed by atoms with Gasteiger partial charge in [0.15, 0.2) is 0 Å². The van der Waals surface area contributed by atoms with Gasteiger partial charge in [0.05, 0.1) is 43.8 Å². The second kappa shape index (κ2) is 11.5. The molecule has 1 aliphatic rings. The number of rotatable bonds is 9. The molecule has 0 aliphatic carbocycles. The summed E-state index contributed by atoms with van der Waals surface area (Å²) in [5.74, 6) is 0.201. The highest BCUT2D eigenvalue weighted by Gasteiger charge is 2.17. The van der Waals surface area contributed by atoms with Gasteiger partial charge in [0.2, 0.25) is 5.91 Å². The van der Waals surface area contributed by atoms with Gasteiger partial charge in [-0.1, -0.05) is 30.3 Å². The highest BCUT2D eigenvalue weighted by atomic mass is 16.5. The number of carbonyl (C=O) groups excluding carboxylic acids is 2. The van der Waals surface area contributed by atoms with E-state index in [0.29, 0.717) is 23.6 Å². The van der Waals surface area contributed by atoms with Gasteiger partial charge in [0.25, 0.3) is 5.91 Å². The first-order chi connectivity index (χ1) is 16.6. The highest BCUT2D eigenvalue weighted by Crippen LogP contribution is 2.23. The summed E-state index contributed by atoms with van der Waals surface area (Å²) in [5, 5.41) is 5.71. The van der Waals surface area contributed by atoms with Crippen LogP contribution in [0.1, 0.15) is 21.7 Å². The molecule has 1 aliphatic heterocycles. The normalized spacial score (nSPS) is 13.6. The van der Waals surface area contributed by atoms with E-state index in [1.807, 2.05) is 24.1 Å². The second-order valence-corrected chi connectivity index (χ2v) is 8.26. The lowest BCUT2D eigenvalue weighted by molar-refractivity contribution is -0.117. The van der Waals surface area contributed by atoms with Gasteiger partial charge in [-0.3, -0.25) is 14.5 Å². The Hall–Kier alpha value is -3.62. The average Bonchev–Trinajstić information content (AvgIpc) is 3.37. The maximum atomic E-state index is 12.8. The smallest absolute Gasteiger partial charge is 0.253 e. The van der Waals surface area contributed by atoms with Crippen LogP contribution in [-0.4, -0.2) is 56.6 Å². The van der Waals surface area contributed by atoms with Crippen LogP contribution in [0.5, 0.6) is 0 Å². The van der Waals surface area contributed by atoms with Gasteiger partial charge in [-0.15, -0.1) is 0 Å². The van der Waals surface area contributed by atoms with Crippen molar-refractivity contribution in [3.05, 3.63) is 83.8 Å². The molecule has 0 saturated carbocycles. The zero-order chi connectivity index (χ0) is 23.8. The van der Waals surface area contributed by atoms with Gasteiger partial charge in [0, 0.05) is 25.3 Å². The Morgan fingerprint density at radius 2 is 1.76 bits per heavy atom. The van der Waals surface area contributed by atoms with Crippen molar-refractivity contribution < 1.29 is 18.7 Å². The van der Waals surface area contributed by atoms with Crippen molar-refractivity contribution in [1.82, 2.24) is 10.2 Å². The SMILES string of the molecule is CN(CC(=O)Nc1ccccc1C(=O)NCc1ccco1)Cc1ccccc1N1CCOCC1. The van der Waals surface area contributed by atoms with Crippen molar-refractivity contribution in [2.75, 3.05) is 50.1 Å². The van der Waals surface area contributed by atoms with Crippen molar-refractivity contribution in [2.45, 2.75) is 13.1 Å². The molecule has 0 radical (unpaired) electrons. The Labute approximate surface area is 199 Å². The third-order valence-corrected chi connectivity index (χ3v) is 5.65. The fourth-order valence-corrected chi connectivity index (χ4v) is 4.00. The Morgan fingerprint density at radius 3 is 2.56 bits per heavy atom. The summed E-state index contributed by atoms with van der Waals surface area (Å²) in [6.45, 7) is 4.27. The standard InChI is InChI=1S/C26H30N4O4/c1-29(18-20-7-2-5-11-24(20)30-12-15-33-16-13-30)19-25(31)28-23-10-4-3-9-22(23)26(32)27-17-21-8-6-14-34-21/h2-11,14H,12-13,15-19H2,1H3,(H,27,32)(H,28,31). The van der Waals surface area contributed by atoms with E-state index in [1.54, 1.807) is 42.7 Å². The van der Waals surface area contributed by atoms with E-state index >= 15 is 0 Å². The molecule has 1 aromatic heterocycles. The lowest BCUT2D eigenvalue weighted by atomic mass is 10.1. The summed E-state index contributed by atoms with van der Waals surface area (Å²) < 4.78 is 10.7. The summed E-state index contributed by atoms with van der Waals surface area (Å²) in [6, 6.07) is 18.8. The maximum absolute atomic E-state index is 12.8. The van der Waals surface area contributed by atoms with Crippen molar-refractivity contribution in [2.24, 2.45) is 0 Å². The molecule has 3 aromatic rings. The first kappa shape index (κ1) is 23.5. The quantitative estimate of drug-likeness (QED) is 0.508. The molecule has 1 saturated heterocycles. The Kier molecular flexibility index (Phi) is 7.95. The number of benzene rings is 2. The molecule has 1 fully saturated rings. The minimum atomic E-state index is -0.278. The van der Waals surface area contributed by atoms with E-state index in [-0.39, 0.29) is 24.9 Å². The van der Waals surface area contributed by atoms with E-state index in [4.69, 9.17) is 9.15 Å². The third kappa shape index (κ3) is 6.24. The minimum absolute atomic E-state index is 0.183. The van der Waals surface area contributed by atoms with Crippen molar-refractivity contribution in [1.29, 1.82) is 0 Å². The lowest BCUT2D eigenvalue weighted by Gasteiger charge is -2.31. The second-order valence-electron chi connectivity index (χ2n) is 8.26. The third-order valence-electron chi connectivity index (χ3n) is 5.65. The molecular weight excluding hydrogens is 432 g/mol. The van der Waals surface area contributed by atoms with E-state index in [0.717, 1.165) is 31.9 Å². The summed E-state index contributed by atoms with van der Waals surface area (Å²) in [6.07, 6.45) is 1.56. The Morgan fingerprint density at radius 1 is 1.00 bits per heavy atom. The van der Waals surface area contributed by atoms with Crippen LogP contribution in [0.3, 0.4) is 0 Å². The highest BCUT2D eigenvalue weighted by molar-refractivity contribution is 6.04. The molecule has 2 amide bonds. The topological polar surface area (TPSA) is 87.1 Å². The summed E-state index contributed by atoms with van der Waals surface area (Å²) >= 11 is 0. The van der Waals surface area contributed by atoms with E-state index in [9.17, 15) is 9.59 Å². The molecule has 8 nitrogen and oxygen atoms in total. The van der Waals surface area contributed by atoms with Crippen molar-refractivity contribution in [3.8, 4) is 0 Å². The number of anilines is 2. The lowest BCUT2D eigenvalue weighted by Crippen LogP contribution is -2.37. The molecule has 2 aromatic carbocycles. The van der Waals surface area contributed by atoms with Gasteiger partial charge >= 0.3 is 0 Å². The van der Waals surface area contributed by atoms with Crippen molar-refractivity contribution in [3.63, 3.8) is 0 Å². The fourth-order valence-electron chi connectivity index (χ4n) is 4.00. The van der Waals surface area contributed by atoms with Gasteiger partial charge in [0.1, 0.15) is 5.76 Å². The number of hydrogen-bond acceptors (Lipinski definition) is 6. The zero-order valence-corrected chi connectivity index (χ0v) is 19.3. The molecule has 0 atom stereocenters. The van der Waals surface area contributed by atoms with Crippen LogP contribution < -0.4 is 15.5 Å². The van der Waals surface area contributed by atoms with Gasteiger partial charge < -0.3 is 24.7 Å². The van der Waals surface area contributed by atoms with Crippen LogP contribution in [0, 0.1) is 0 Å². The molecule has 2 N–H and O–H groups in total. The Bertz CT molecular complexity index is 1090. The number of para-hydroxylation sites is 2. The number of ether oxygens (including phenoxy) is 1. The van der Waals surface area contributed by atoms with Gasteiger partial charge in [-0.25, -0.2) is 0 Å². The largest absolute Gasteiger partial charge is 0.467 e. The number of morpholine rings is 1. The first-order valence-electron chi connectivity index (χ1n) is 11.4. The van der Waals surface area contributed by atoms with Crippen LogP contribution in [0.25, 0.3) is 0 Å². The molecule has 0 bridgehead atoms. The van der Waals surface area contributed by atoms with E-state index < -0.39 is 0 Å². The summed E-state index contributed by atoms with van der Waals surface area (Å²) in [7, 11) is 1.91. The number of nitrogens with one attached hydrogen (secondary N) is 2. The van der Waals surface area contributed by atoms with Crippen LogP contribution in [-0.2, 0) is 22.6 Å². The predicted molar refractivity (Wildman–Crippen MR) is 131 cm³/mol. The number of nitrogens with zero attached hydrogens (tertiary/aromatic N) is 2. The maximum Gasteiger partial charge on any atom is 0.253 e. The van der Waals surface area contributed by atoms with Gasteiger partial charge in [-0.2, -0.15) is 0 Å². The van der Waals surface area contributed by atoms with Gasteiger partial charge in [-0.05, 0) is 42.9 Å². The van der Waals surface area contributed by atoms with E-state index in [1.165, 1.54) is 5.69 Å². The van der Waals surface area contributed by atoms with Crippen LogP contribution >= 0.6 is 0 Å². The molecule has 8 heteroatoms. The first-order valence-corrected chi connectivity index (χ1v) is 11.4. The average molecular weight is 463 g/mol. The fraction of sp³-hybridized carbons (Fsp3) is 0.308.